The Morgan fingerprint density at radius 2 is 1.50 bits per heavy atom. The minimum atomic E-state index is 0.132. The summed E-state index contributed by atoms with van der Waals surface area (Å²) in [5, 5.41) is 0. The number of rotatable bonds is 3. The summed E-state index contributed by atoms with van der Waals surface area (Å²) in [6.45, 7) is 6.43. The molecule has 0 aliphatic carbocycles. The maximum Gasteiger partial charge on any atom is 0.0245 e. The predicted molar refractivity (Wildman–Crippen MR) is 79.0 cm³/mol. The van der Waals surface area contributed by atoms with Crippen molar-refractivity contribution in [2.75, 3.05) is 0 Å². The van der Waals surface area contributed by atoms with E-state index in [-0.39, 0.29) is 5.41 Å². The highest BCUT2D eigenvalue weighted by Gasteiger charge is 2.02. The summed E-state index contributed by atoms with van der Waals surface area (Å²) in [6, 6.07) is 10.1. The Kier molecular flexibility index (Phi) is 6.10. The van der Waals surface area contributed by atoms with Crippen LogP contribution in [-0.2, 0) is 0 Å². The summed E-state index contributed by atoms with van der Waals surface area (Å²) in [7, 11) is 0. The van der Waals surface area contributed by atoms with Crippen LogP contribution in [0.25, 0.3) is 0 Å². The van der Waals surface area contributed by atoms with Crippen LogP contribution in [0.2, 0.25) is 0 Å². The Hall–Kier alpha value is -1.66. The van der Waals surface area contributed by atoms with Crippen molar-refractivity contribution in [2.45, 2.75) is 46.5 Å². The first-order valence-corrected chi connectivity index (χ1v) is 6.62. The molecule has 1 aromatic rings. The second-order valence-electron chi connectivity index (χ2n) is 5.43. The molecule has 1 rings (SSSR count). The maximum absolute atomic E-state index is 3.25. The molecule has 0 fully saturated rings. The third-order valence-electron chi connectivity index (χ3n) is 2.32. The highest BCUT2D eigenvalue weighted by molar-refractivity contribution is 5.33. The molecule has 0 saturated heterocycles. The maximum atomic E-state index is 3.25. The second-order valence-corrected chi connectivity index (χ2v) is 5.43. The van der Waals surface area contributed by atoms with E-state index in [1.54, 1.807) is 0 Å². The summed E-state index contributed by atoms with van der Waals surface area (Å²) in [5.74, 6) is 12.9. The van der Waals surface area contributed by atoms with Gasteiger partial charge < -0.3 is 0 Å². The third-order valence-corrected chi connectivity index (χ3v) is 2.32. The van der Waals surface area contributed by atoms with E-state index in [1.807, 2.05) is 30.3 Å². The fourth-order valence-electron chi connectivity index (χ4n) is 1.44. The van der Waals surface area contributed by atoms with Gasteiger partial charge in [-0.15, -0.1) is 5.92 Å². The SMILES string of the molecule is CC(C)(C)C#CCCCCC#Cc1ccccc1. The molecule has 0 N–H and O–H groups in total. The molecule has 0 heterocycles. The largest absolute Gasteiger partial charge is 0.103 e. The van der Waals surface area contributed by atoms with Gasteiger partial charge in [-0.25, -0.2) is 0 Å². The van der Waals surface area contributed by atoms with Crippen LogP contribution in [0, 0.1) is 29.1 Å². The van der Waals surface area contributed by atoms with Crippen LogP contribution in [0.3, 0.4) is 0 Å². The topological polar surface area (TPSA) is 0 Å². The summed E-state index contributed by atoms with van der Waals surface area (Å²) >= 11 is 0. The first-order valence-electron chi connectivity index (χ1n) is 6.62. The molecule has 0 nitrogen and oxygen atoms in total. The van der Waals surface area contributed by atoms with Crippen molar-refractivity contribution < 1.29 is 0 Å². The summed E-state index contributed by atoms with van der Waals surface area (Å²) in [6.07, 6.45) is 4.24. The zero-order valence-corrected chi connectivity index (χ0v) is 11.7. The Morgan fingerprint density at radius 1 is 0.889 bits per heavy atom. The van der Waals surface area contributed by atoms with E-state index in [9.17, 15) is 0 Å². The average molecular weight is 238 g/mol. The van der Waals surface area contributed by atoms with Crippen LogP contribution in [-0.4, -0.2) is 0 Å². The molecule has 0 aliphatic rings. The Morgan fingerprint density at radius 3 is 2.11 bits per heavy atom. The summed E-state index contributed by atoms with van der Waals surface area (Å²) < 4.78 is 0. The van der Waals surface area contributed by atoms with Crippen LogP contribution >= 0.6 is 0 Å². The molecule has 0 aromatic heterocycles. The Labute approximate surface area is 112 Å². The van der Waals surface area contributed by atoms with E-state index in [2.05, 4.69) is 44.5 Å². The lowest BCUT2D eigenvalue weighted by molar-refractivity contribution is 0.569. The molecular weight excluding hydrogens is 216 g/mol. The molecule has 0 atom stereocenters. The number of hydrogen-bond donors (Lipinski definition) is 0. The fourth-order valence-corrected chi connectivity index (χ4v) is 1.44. The smallest absolute Gasteiger partial charge is 0.0245 e. The Balaban J connectivity index is 2.16. The molecular formula is C18H22. The molecule has 1 aromatic carbocycles. The van der Waals surface area contributed by atoms with Crippen LogP contribution in [0.15, 0.2) is 30.3 Å². The lowest BCUT2D eigenvalue weighted by Crippen LogP contribution is -1.98. The van der Waals surface area contributed by atoms with Crippen LogP contribution in [0.1, 0.15) is 52.0 Å². The van der Waals surface area contributed by atoms with E-state index in [0.29, 0.717) is 0 Å². The van der Waals surface area contributed by atoms with Crippen molar-refractivity contribution in [2.24, 2.45) is 5.41 Å². The van der Waals surface area contributed by atoms with Gasteiger partial charge in [-0.05, 0) is 45.7 Å². The molecule has 0 bridgehead atoms. The van der Waals surface area contributed by atoms with E-state index < -0.39 is 0 Å². The fraction of sp³-hybridized carbons (Fsp3) is 0.444. The zero-order chi connectivity index (χ0) is 13.3. The highest BCUT2D eigenvalue weighted by Crippen LogP contribution is 2.10. The molecule has 94 valence electrons. The average Bonchev–Trinajstić information content (AvgIpc) is 2.32. The second kappa shape index (κ2) is 7.62. The number of unbranched alkanes of at least 4 members (excludes halogenated alkanes) is 3. The minimum absolute atomic E-state index is 0.132. The lowest BCUT2D eigenvalue weighted by atomic mass is 9.98. The summed E-state index contributed by atoms with van der Waals surface area (Å²) in [4.78, 5) is 0. The van der Waals surface area contributed by atoms with Crippen molar-refractivity contribution in [3.63, 3.8) is 0 Å². The van der Waals surface area contributed by atoms with Crippen molar-refractivity contribution >= 4 is 0 Å². The molecule has 0 amide bonds. The van der Waals surface area contributed by atoms with Crippen molar-refractivity contribution in [1.82, 2.24) is 0 Å². The van der Waals surface area contributed by atoms with E-state index in [0.717, 1.165) is 31.2 Å². The quantitative estimate of drug-likeness (QED) is 0.531. The van der Waals surface area contributed by atoms with Crippen LogP contribution in [0.5, 0.6) is 0 Å². The molecule has 0 heteroatoms. The molecule has 0 radical (unpaired) electrons. The predicted octanol–water partition coefficient (Wildman–Crippen LogP) is 4.65. The zero-order valence-electron chi connectivity index (χ0n) is 11.7. The van der Waals surface area contributed by atoms with Gasteiger partial charge in [0.05, 0.1) is 0 Å². The van der Waals surface area contributed by atoms with Crippen LogP contribution in [0.4, 0.5) is 0 Å². The van der Waals surface area contributed by atoms with Gasteiger partial charge in [-0.1, -0.05) is 36.0 Å². The van der Waals surface area contributed by atoms with Crippen LogP contribution < -0.4 is 0 Å². The van der Waals surface area contributed by atoms with Gasteiger partial charge in [-0.3, -0.25) is 0 Å². The first kappa shape index (κ1) is 14.4. The molecule has 0 aliphatic heterocycles. The standard InChI is InChI=1S/C18H22/c1-18(2,3)16-12-7-5-4-6-9-13-17-14-10-8-11-15-17/h8,10-11,14-15H,4-7H2,1-3H3. The van der Waals surface area contributed by atoms with Gasteiger partial charge in [0.15, 0.2) is 0 Å². The number of benzene rings is 1. The lowest BCUT2D eigenvalue weighted by Gasteiger charge is -2.06. The highest BCUT2D eigenvalue weighted by atomic mass is 14.1. The van der Waals surface area contributed by atoms with Gasteiger partial charge in [0.1, 0.15) is 0 Å². The van der Waals surface area contributed by atoms with E-state index >= 15 is 0 Å². The first-order chi connectivity index (χ1) is 8.58. The van der Waals surface area contributed by atoms with Gasteiger partial charge in [0.2, 0.25) is 0 Å². The van der Waals surface area contributed by atoms with E-state index in [1.165, 1.54) is 0 Å². The van der Waals surface area contributed by atoms with Gasteiger partial charge >= 0.3 is 0 Å². The monoisotopic (exact) mass is 238 g/mol. The van der Waals surface area contributed by atoms with Gasteiger partial charge in [-0.2, -0.15) is 0 Å². The van der Waals surface area contributed by atoms with E-state index in [4.69, 9.17) is 0 Å². The Bertz CT molecular complexity index is 452. The molecule has 0 saturated carbocycles. The van der Waals surface area contributed by atoms with Crippen molar-refractivity contribution in [1.29, 1.82) is 0 Å². The molecule has 18 heavy (non-hydrogen) atoms. The van der Waals surface area contributed by atoms with Crippen molar-refractivity contribution in [3.8, 4) is 23.7 Å². The summed E-state index contributed by atoms with van der Waals surface area (Å²) in [5.41, 5.74) is 1.23. The number of hydrogen-bond acceptors (Lipinski definition) is 0. The van der Waals surface area contributed by atoms with Crippen molar-refractivity contribution in [3.05, 3.63) is 35.9 Å². The van der Waals surface area contributed by atoms with Gasteiger partial charge in [0.25, 0.3) is 0 Å². The normalized spacial score (nSPS) is 9.94. The minimum Gasteiger partial charge on any atom is -0.103 e. The van der Waals surface area contributed by atoms with Gasteiger partial charge in [0, 0.05) is 23.8 Å². The molecule has 0 spiro atoms. The third kappa shape index (κ3) is 7.59. The molecule has 0 unspecified atom stereocenters.